The number of hydrogen-bond donors (Lipinski definition) is 1. The van der Waals surface area contributed by atoms with Crippen LogP contribution in [-0.2, 0) is 6.54 Å². The minimum Gasteiger partial charge on any atom is -0.382 e. The average Bonchev–Trinajstić information content (AvgIpc) is 2.33. The molecule has 1 unspecified atom stereocenters. The number of nitrogens with zero attached hydrogens (tertiary/aromatic N) is 2. The van der Waals surface area contributed by atoms with E-state index in [0.717, 1.165) is 18.7 Å². The Morgan fingerprint density at radius 2 is 2.11 bits per heavy atom. The fraction of sp³-hybridized carbons (Fsp3) is 0.692. The van der Waals surface area contributed by atoms with Crippen LogP contribution in [0.15, 0.2) is 15.5 Å². The summed E-state index contributed by atoms with van der Waals surface area (Å²) in [4.78, 5) is 12.0. The predicted octanol–water partition coefficient (Wildman–Crippen LogP) is 3.12. The molecule has 1 N–H and O–H groups in total. The Hall–Kier alpha value is -0.840. The van der Waals surface area contributed by atoms with Crippen molar-refractivity contribution in [2.75, 3.05) is 11.9 Å². The summed E-state index contributed by atoms with van der Waals surface area (Å²) in [5, 5.41) is 7.44. The second-order valence-corrected chi connectivity index (χ2v) is 5.80. The molecule has 0 spiro atoms. The van der Waals surface area contributed by atoms with Crippen LogP contribution >= 0.6 is 15.9 Å². The number of hydrogen-bond acceptors (Lipinski definition) is 3. The van der Waals surface area contributed by atoms with Gasteiger partial charge in [-0.1, -0.05) is 27.7 Å². The van der Waals surface area contributed by atoms with Gasteiger partial charge in [-0.3, -0.25) is 4.79 Å². The lowest BCUT2D eigenvalue weighted by Crippen LogP contribution is -2.25. The van der Waals surface area contributed by atoms with Crippen molar-refractivity contribution in [1.82, 2.24) is 9.78 Å². The molecule has 0 saturated heterocycles. The van der Waals surface area contributed by atoms with E-state index in [2.05, 4.69) is 47.1 Å². The van der Waals surface area contributed by atoms with Crippen LogP contribution < -0.4 is 10.9 Å². The third-order valence-electron chi connectivity index (χ3n) is 3.17. The molecule has 0 amide bonds. The molecule has 18 heavy (non-hydrogen) atoms. The minimum atomic E-state index is -0.0703. The van der Waals surface area contributed by atoms with Crippen molar-refractivity contribution in [3.05, 3.63) is 21.0 Å². The minimum absolute atomic E-state index is 0.0703. The molecule has 0 saturated carbocycles. The molecule has 1 aromatic heterocycles. The quantitative estimate of drug-likeness (QED) is 0.877. The summed E-state index contributed by atoms with van der Waals surface area (Å²) in [5.41, 5.74) is 0.707. The van der Waals surface area contributed by atoms with Crippen LogP contribution in [0.2, 0.25) is 0 Å². The van der Waals surface area contributed by atoms with E-state index in [1.165, 1.54) is 4.68 Å². The van der Waals surface area contributed by atoms with Crippen LogP contribution in [0.25, 0.3) is 0 Å². The van der Waals surface area contributed by atoms with E-state index < -0.39 is 0 Å². The van der Waals surface area contributed by atoms with E-state index in [9.17, 15) is 4.79 Å². The monoisotopic (exact) mass is 315 g/mol. The second-order valence-electron chi connectivity index (χ2n) is 5.00. The first-order valence-corrected chi connectivity index (χ1v) is 7.26. The van der Waals surface area contributed by atoms with Gasteiger partial charge in [-0.25, -0.2) is 4.68 Å². The Labute approximate surface area is 117 Å². The van der Waals surface area contributed by atoms with Crippen molar-refractivity contribution in [3.8, 4) is 0 Å². The van der Waals surface area contributed by atoms with Crippen molar-refractivity contribution in [1.29, 1.82) is 0 Å². The third-order valence-corrected chi connectivity index (χ3v) is 3.94. The number of anilines is 1. The Morgan fingerprint density at radius 3 is 2.67 bits per heavy atom. The summed E-state index contributed by atoms with van der Waals surface area (Å²) in [6.45, 7) is 10.1. The number of rotatable bonds is 6. The summed E-state index contributed by atoms with van der Waals surface area (Å²) < 4.78 is 2.06. The van der Waals surface area contributed by atoms with Gasteiger partial charge >= 0.3 is 0 Å². The van der Waals surface area contributed by atoms with Gasteiger partial charge in [-0.15, -0.1) is 0 Å². The first-order chi connectivity index (χ1) is 8.47. The van der Waals surface area contributed by atoms with E-state index in [1.54, 1.807) is 6.20 Å². The Morgan fingerprint density at radius 1 is 1.44 bits per heavy atom. The lowest BCUT2D eigenvalue weighted by molar-refractivity contribution is 0.439. The second kappa shape index (κ2) is 6.92. The van der Waals surface area contributed by atoms with Crippen LogP contribution in [0.5, 0.6) is 0 Å². The molecular formula is C13H22BrN3O. The lowest BCUT2D eigenvalue weighted by Gasteiger charge is -2.17. The molecule has 5 heteroatoms. The van der Waals surface area contributed by atoms with E-state index >= 15 is 0 Å². The van der Waals surface area contributed by atoms with Crippen LogP contribution in [0.3, 0.4) is 0 Å². The molecular weight excluding hydrogens is 294 g/mol. The van der Waals surface area contributed by atoms with Crippen molar-refractivity contribution in [2.24, 2.45) is 11.8 Å². The summed E-state index contributed by atoms with van der Waals surface area (Å²) in [5.74, 6) is 1.17. The predicted molar refractivity (Wildman–Crippen MR) is 79.0 cm³/mol. The highest BCUT2D eigenvalue weighted by atomic mass is 79.9. The highest BCUT2D eigenvalue weighted by Gasteiger charge is 2.11. The van der Waals surface area contributed by atoms with Crippen molar-refractivity contribution >= 4 is 21.6 Å². The molecule has 0 radical (unpaired) electrons. The van der Waals surface area contributed by atoms with Crippen LogP contribution in [-0.4, -0.2) is 16.3 Å². The fourth-order valence-corrected chi connectivity index (χ4v) is 1.91. The van der Waals surface area contributed by atoms with Crippen LogP contribution in [0.1, 0.15) is 34.1 Å². The maximum absolute atomic E-state index is 12.0. The standard InChI is InChI=1S/C13H22BrN3O/c1-5-6-17-13(18)12(14)11(8-16-17)15-7-10(4)9(2)3/h8-10,15H,5-7H2,1-4H3. The fourth-order valence-electron chi connectivity index (χ4n) is 1.47. The molecule has 1 rings (SSSR count). The van der Waals surface area contributed by atoms with E-state index in [-0.39, 0.29) is 5.56 Å². The SMILES string of the molecule is CCCn1ncc(NCC(C)C(C)C)c(Br)c1=O. The smallest absolute Gasteiger partial charge is 0.283 e. The zero-order valence-electron chi connectivity index (χ0n) is 11.5. The first-order valence-electron chi connectivity index (χ1n) is 6.46. The molecule has 102 valence electrons. The lowest BCUT2D eigenvalue weighted by atomic mass is 9.98. The van der Waals surface area contributed by atoms with E-state index in [1.807, 2.05) is 6.92 Å². The molecule has 0 aliphatic heterocycles. The highest BCUT2D eigenvalue weighted by Crippen LogP contribution is 2.18. The maximum atomic E-state index is 12.0. The number of nitrogens with one attached hydrogen (secondary N) is 1. The maximum Gasteiger partial charge on any atom is 0.283 e. The van der Waals surface area contributed by atoms with Gasteiger partial charge in [0.15, 0.2) is 0 Å². The largest absolute Gasteiger partial charge is 0.382 e. The van der Waals surface area contributed by atoms with Crippen molar-refractivity contribution in [2.45, 2.75) is 40.7 Å². The molecule has 1 aromatic rings. The summed E-state index contributed by atoms with van der Waals surface area (Å²) in [7, 11) is 0. The Kier molecular flexibility index (Phi) is 5.85. The number of aromatic nitrogens is 2. The van der Waals surface area contributed by atoms with Crippen LogP contribution in [0.4, 0.5) is 5.69 Å². The average molecular weight is 316 g/mol. The molecule has 0 aromatic carbocycles. The molecule has 0 fully saturated rings. The van der Waals surface area contributed by atoms with Gasteiger partial charge in [-0.2, -0.15) is 5.10 Å². The molecule has 0 aliphatic rings. The molecule has 0 bridgehead atoms. The number of aryl methyl sites for hydroxylation is 1. The van der Waals surface area contributed by atoms with Crippen molar-refractivity contribution < 1.29 is 0 Å². The molecule has 4 nitrogen and oxygen atoms in total. The van der Waals surface area contributed by atoms with Gasteiger partial charge < -0.3 is 5.32 Å². The van der Waals surface area contributed by atoms with Gasteiger partial charge in [0.05, 0.1) is 11.9 Å². The van der Waals surface area contributed by atoms with Gasteiger partial charge in [-0.05, 0) is 34.2 Å². The van der Waals surface area contributed by atoms with E-state index in [0.29, 0.717) is 22.9 Å². The summed E-state index contributed by atoms with van der Waals surface area (Å²) in [6, 6.07) is 0. The van der Waals surface area contributed by atoms with Crippen molar-refractivity contribution in [3.63, 3.8) is 0 Å². The third kappa shape index (κ3) is 3.83. The first kappa shape index (κ1) is 15.2. The van der Waals surface area contributed by atoms with Gasteiger partial charge in [0, 0.05) is 13.1 Å². The number of halogens is 1. The van der Waals surface area contributed by atoms with E-state index in [4.69, 9.17) is 0 Å². The van der Waals surface area contributed by atoms with Gasteiger partial charge in [0.25, 0.3) is 5.56 Å². The molecule has 0 aliphatic carbocycles. The molecule has 1 atom stereocenters. The normalized spacial score (nSPS) is 12.8. The zero-order valence-corrected chi connectivity index (χ0v) is 13.1. The Bertz CT molecular complexity index is 442. The Balaban J connectivity index is 2.79. The summed E-state index contributed by atoms with van der Waals surface area (Å²) in [6.07, 6.45) is 2.62. The topological polar surface area (TPSA) is 46.9 Å². The van der Waals surface area contributed by atoms with Gasteiger partial charge in [0.1, 0.15) is 4.47 Å². The highest BCUT2D eigenvalue weighted by molar-refractivity contribution is 9.10. The van der Waals surface area contributed by atoms with Gasteiger partial charge in [0.2, 0.25) is 0 Å². The molecule has 1 heterocycles. The zero-order chi connectivity index (χ0) is 13.7. The van der Waals surface area contributed by atoms with Crippen LogP contribution in [0, 0.1) is 11.8 Å². The summed E-state index contributed by atoms with van der Waals surface area (Å²) >= 11 is 3.35.